The lowest BCUT2D eigenvalue weighted by Gasteiger charge is -2.35. The van der Waals surface area contributed by atoms with E-state index in [1.807, 2.05) is 6.20 Å². The molecule has 0 atom stereocenters. The van der Waals surface area contributed by atoms with E-state index in [0.717, 1.165) is 32.7 Å². The minimum absolute atomic E-state index is 0.305. The van der Waals surface area contributed by atoms with Gasteiger partial charge in [0.25, 0.3) is 0 Å². The highest BCUT2D eigenvalue weighted by atomic mass is 15.2. The summed E-state index contributed by atoms with van der Waals surface area (Å²) >= 11 is 0. The Morgan fingerprint density at radius 1 is 1.39 bits per heavy atom. The van der Waals surface area contributed by atoms with Crippen molar-refractivity contribution >= 4 is 0 Å². The van der Waals surface area contributed by atoms with E-state index in [4.69, 9.17) is 0 Å². The van der Waals surface area contributed by atoms with Crippen LogP contribution in [0.1, 0.15) is 33.5 Å². The molecule has 2 rings (SSSR count). The minimum atomic E-state index is 0.305. The van der Waals surface area contributed by atoms with Crippen LogP contribution >= 0.6 is 0 Å². The van der Waals surface area contributed by atoms with Crippen molar-refractivity contribution in [1.29, 1.82) is 0 Å². The highest BCUT2D eigenvalue weighted by Crippen LogP contribution is 2.19. The van der Waals surface area contributed by atoms with E-state index in [1.54, 1.807) is 0 Å². The Kier molecular flexibility index (Phi) is 4.07. The van der Waals surface area contributed by atoms with Gasteiger partial charge in [0.2, 0.25) is 0 Å². The summed E-state index contributed by atoms with van der Waals surface area (Å²) in [5.74, 6) is 1.20. The third kappa shape index (κ3) is 3.56. The van der Waals surface area contributed by atoms with Crippen molar-refractivity contribution in [3.8, 4) is 0 Å². The summed E-state index contributed by atoms with van der Waals surface area (Å²) in [5, 5.41) is 3.54. The molecule has 0 aromatic carbocycles. The average Bonchev–Trinajstić information content (AvgIpc) is 2.73. The molecule has 0 aliphatic carbocycles. The van der Waals surface area contributed by atoms with Gasteiger partial charge in [-0.1, -0.05) is 27.7 Å². The molecule has 0 unspecified atom stereocenters. The molecule has 1 aliphatic rings. The zero-order valence-electron chi connectivity index (χ0n) is 12.1. The van der Waals surface area contributed by atoms with Crippen LogP contribution in [0.4, 0.5) is 0 Å². The van der Waals surface area contributed by atoms with Crippen LogP contribution in [-0.2, 0) is 13.1 Å². The van der Waals surface area contributed by atoms with Crippen LogP contribution in [0.5, 0.6) is 0 Å². The Labute approximate surface area is 110 Å². The first-order valence-electron chi connectivity index (χ1n) is 6.92. The quantitative estimate of drug-likeness (QED) is 0.864. The molecular weight excluding hydrogens is 224 g/mol. The summed E-state index contributed by atoms with van der Waals surface area (Å²) in [6.07, 6.45) is 3.99. The lowest BCUT2D eigenvalue weighted by Crippen LogP contribution is -2.44. The fourth-order valence-corrected chi connectivity index (χ4v) is 2.50. The van der Waals surface area contributed by atoms with Gasteiger partial charge in [-0.25, -0.2) is 4.98 Å². The first-order valence-corrected chi connectivity index (χ1v) is 6.92. The summed E-state index contributed by atoms with van der Waals surface area (Å²) in [4.78, 5) is 6.94. The van der Waals surface area contributed by atoms with Crippen molar-refractivity contribution in [3.63, 3.8) is 0 Å². The highest BCUT2D eigenvalue weighted by Gasteiger charge is 2.25. The Hall–Kier alpha value is -0.870. The summed E-state index contributed by atoms with van der Waals surface area (Å²) in [6.45, 7) is 14.5. The van der Waals surface area contributed by atoms with Crippen molar-refractivity contribution in [3.05, 3.63) is 18.2 Å². The van der Waals surface area contributed by atoms with Crippen LogP contribution < -0.4 is 5.32 Å². The van der Waals surface area contributed by atoms with E-state index < -0.39 is 0 Å². The fourth-order valence-electron chi connectivity index (χ4n) is 2.50. The predicted octanol–water partition coefficient (Wildman–Crippen LogP) is 1.72. The molecule has 4 nitrogen and oxygen atoms in total. The number of hydrogen-bond donors (Lipinski definition) is 1. The average molecular weight is 250 g/mol. The van der Waals surface area contributed by atoms with Crippen LogP contribution in [0.2, 0.25) is 0 Å². The summed E-state index contributed by atoms with van der Waals surface area (Å²) in [5.41, 5.74) is 0.305. The molecular formula is C14H26N4. The number of aromatic nitrogens is 2. The summed E-state index contributed by atoms with van der Waals surface area (Å²) in [6, 6.07) is 0.560. The first kappa shape index (κ1) is 13.6. The normalized spacial score (nSPS) is 17.2. The summed E-state index contributed by atoms with van der Waals surface area (Å²) in [7, 11) is 0. The molecule has 1 aromatic heterocycles. The highest BCUT2D eigenvalue weighted by molar-refractivity contribution is 4.96. The van der Waals surface area contributed by atoms with Crippen LogP contribution in [0.3, 0.4) is 0 Å². The maximum Gasteiger partial charge on any atom is 0.122 e. The molecule has 0 fully saturated rings. The SMILES string of the molecule is CC(C)NCC(C)(C)CN1CCn2ccnc2C1. The van der Waals surface area contributed by atoms with Gasteiger partial charge in [-0.2, -0.15) is 0 Å². The molecule has 0 amide bonds. The van der Waals surface area contributed by atoms with Crippen molar-refractivity contribution in [2.24, 2.45) is 5.41 Å². The van der Waals surface area contributed by atoms with Gasteiger partial charge in [0.15, 0.2) is 0 Å². The zero-order chi connectivity index (χ0) is 13.2. The molecule has 1 N–H and O–H groups in total. The molecule has 0 saturated heterocycles. The number of fused-ring (bicyclic) bond motifs is 1. The lowest BCUT2D eigenvalue weighted by molar-refractivity contribution is 0.140. The van der Waals surface area contributed by atoms with Gasteiger partial charge in [0.1, 0.15) is 5.82 Å². The second-order valence-corrected chi connectivity index (χ2v) is 6.45. The van der Waals surface area contributed by atoms with Crippen molar-refractivity contribution < 1.29 is 0 Å². The van der Waals surface area contributed by atoms with Gasteiger partial charge in [-0.05, 0) is 5.41 Å². The zero-order valence-corrected chi connectivity index (χ0v) is 12.1. The van der Waals surface area contributed by atoms with Gasteiger partial charge in [0, 0.05) is 44.6 Å². The van der Waals surface area contributed by atoms with E-state index in [0.29, 0.717) is 11.5 Å². The van der Waals surface area contributed by atoms with Crippen LogP contribution in [-0.4, -0.2) is 40.1 Å². The Balaban J connectivity index is 1.87. The van der Waals surface area contributed by atoms with Crippen LogP contribution in [0, 0.1) is 5.41 Å². The number of nitrogens with zero attached hydrogens (tertiary/aromatic N) is 3. The maximum absolute atomic E-state index is 4.42. The van der Waals surface area contributed by atoms with Gasteiger partial charge < -0.3 is 9.88 Å². The molecule has 1 aromatic rings. The summed E-state index contributed by atoms with van der Waals surface area (Å²) < 4.78 is 2.26. The second kappa shape index (κ2) is 5.41. The van der Waals surface area contributed by atoms with E-state index in [1.165, 1.54) is 5.82 Å². The van der Waals surface area contributed by atoms with E-state index in [9.17, 15) is 0 Å². The monoisotopic (exact) mass is 250 g/mol. The van der Waals surface area contributed by atoms with Crippen molar-refractivity contribution in [1.82, 2.24) is 19.8 Å². The molecule has 2 heterocycles. The van der Waals surface area contributed by atoms with Gasteiger partial charge in [-0.3, -0.25) is 4.90 Å². The third-order valence-corrected chi connectivity index (χ3v) is 3.46. The van der Waals surface area contributed by atoms with Crippen molar-refractivity contribution in [2.75, 3.05) is 19.6 Å². The standard InChI is InChI=1S/C14H26N4/c1-12(2)16-10-14(3,4)11-17-7-8-18-6-5-15-13(18)9-17/h5-6,12,16H,7-11H2,1-4H3. The Morgan fingerprint density at radius 2 is 2.17 bits per heavy atom. The number of hydrogen-bond acceptors (Lipinski definition) is 3. The maximum atomic E-state index is 4.42. The number of nitrogens with one attached hydrogen (secondary N) is 1. The lowest BCUT2D eigenvalue weighted by atomic mass is 9.92. The molecule has 0 spiro atoms. The Bertz CT molecular complexity index is 381. The molecule has 4 heteroatoms. The smallest absolute Gasteiger partial charge is 0.122 e. The first-order chi connectivity index (χ1) is 8.46. The number of imidazole rings is 1. The van der Waals surface area contributed by atoms with Crippen LogP contribution in [0.25, 0.3) is 0 Å². The predicted molar refractivity (Wildman–Crippen MR) is 74.4 cm³/mol. The van der Waals surface area contributed by atoms with Gasteiger partial charge >= 0.3 is 0 Å². The van der Waals surface area contributed by atoms with Crippen molar-refractivity contribution in [2.45, 2.75) is 46.8 Å². The minimum Gasteiger partial charge on any atom is -0.333 e. The molecule has 0 radical (unpaired) electrons. The Morgan fingerprint density at radius 3 is 2.89 bits per heavy atom. The second-order valence-electron chi connectivity index (χ2n) is 6.45. The van der Waals surface area contributed by atoms with E-state index in [2.05, 4.69) is 53.7 Å². The molecule has 102 valence electrons. The molecule has 18 heavy (non-hydrogen) atoms. The molecule has 0 saturated carbocycles. The third-order valence-electron chi connectivity index (χ3n) is 3.46. The molecule has 1 aliphatic heterocycles. The van der Waals surface area contributed by atoms with E-state index in [-0.39, 0.29) is 0 Å². The topological polar surface area (TPSA) is 33.1 Å². The van der Waals surface area contributed by atoms with Gasteiger partial charge in [-0.15, -0.1) is 0 Å². The van der Waals surface area contributed by atoms with Gasteiger partial charge in [0.05, 0.1) is 6.54 Å². The van der Waals surface area contributed by atoms with E-state index >= 15 is 0 Å². The fraction of sp³-hybridized carbons (Fsp3) is 0.786. The largest absolute Gasteiger partial charge is 0.333 e. The number of rotatable bonds is 5. The van der Waals surface area contributed by atoms with Crippen LogP contribution in [0.15, 0.2) is 12.4 Å². The molecule has 0 bridgehead atoms.